The highest BCUT2D eigenvalue weighted by molar-refractivity contribution is 5.39. The Morgan fingerprint density at radius 1 is 0.808 bits per heavy atom. The predicted molar refractivity (Wildman–Crippen MR) is 107 cm³/mol. The number of nitrogens with zero attached hydrogens (tertiary/aromatic N) is 2. The van der Waals surface area contributed by atoms with E-state index >= 15 is 0 Å². The second-order valence-electron chi connectivity index (χ2n) is 6.56. The maximum atomic E-state index is 5.65. The first kappa shape index (κ1) is 20.0. The smallest absolute Gasteiger partial charge is 0.205 e. The first-order chi connectivity index (χ1) is 12.8. The van der Waals surface area contributed by atoms with Gasteiger partial charge in [-0.1, -0.05) is 64.0 Å². The van der Waals surface area contributed by atoms with Crippen LogP contribution in [0.1, 0.15) is 75.7 Å². The summed E-state index contributed by atoms with van der Waals surface area (Å²) in [5.74, 6) is 7.38. The zero-order chi connectivity index (χ0) is 18.5. The molecule has 26 heavy (non-hydrogen) atoms. The Labute approximate surface area is 158 Å². The quantitative estimate of drug-likeness (QED) is 0.415. The van der Waals surface area contributed by atoms with Crippen LogP contribution in [0.25, 0.3) is 0 Å². The zero-order valence-electron chi connectivity index (χ0n) is 16.1. The Morgan fingerprint density at radius 2 is 1.50 bits per heavy atom. The predicted octanol–water partition coefficient (Wildman–Crippen LogP) is 5.57. The van der Waals surface area contributed by atoms with Gasteiger partial charge in [0.15, 0.2) is 5.75 Å². The summed E-state index contributed by atoms with van der Waals surface area (Å²) in [7, 11) is 0. The van der Waals surface area contributed by atoms with Crippen molar-refractivity contribution in [2.75, 3.05) is 6.61 Å². The first-order valence-corrected chi connectivity index (χ1v) is 9.87. The van der Waals surface area contributed by atoms with Crippen LogP contribution >= 0.6 is 0 Å². The molecular weight excluding hydrogens is 320 g/mol. The summed E-state index contributed by atoms with van der Waals surface area (Å²) in [4.78, 5) is 8.53. The van der Waals surface area contributed by atoms with Gasteiger partial charge in [-0.3, -0.25) is 0 Å². The normalized spacial score (nSPS) is 10.2. The Bertz CT molecular complexity index is 681. The molecule has 0 bridgehead atoms. The molecule has 0 aliphatic rings. The number of aryl methyl sites for hydroxylation is 1. The van der Waals surface area contributed by atoms with Gasteiger partial charge in [0.05, 0.1) is 19.0 Å². The number of hydrogen-bond acceptors (Lipinski definition) is 3. The SMILES string of the molecule is CCCCCCOc1cnc(C#Cc2ccc(CCCCC)cc2)nc1. The Hall–Kier alpha value is -2.34. The summed E-state index contributed by atoms with van der Waals surface area (Å²) in [6, 6.07) is 8.47. The molecule has 0 N–H and O–H groups in total. The molecule has 3 heteroatoms. The van der Waals surface area contributed by atoms with Crippen molar-refractivity contribution in [1.82, 2.24) is 9.97 Å². The number of aromatic nitrogens is 2. The molecule has 0 aliphatic carbocycles. The van der Waals surface area contributed by atoms with E-state index in [1.165, 1.54) is 44.1 Å². The van der Waals surface area contributed by atoms with Crippen molar-refractivity contribution >= 4 is 0 Å². The van der Waals surface area contributed by atoms with Gasteiger partial charge in [0.1, 0.15) is 0 Å². The van der Waals surface area contributed by atoms with Gasteiger partial charge in [0.25, 0.3) is 0 Å². The number of hydrogen-bond donors (Lipinski definition) is 0. The van der Waals surface area contributed by atoms with Gasteiger partial charge in [0, 0.05) is 5.56 Å². The second kappa shape index (κ2) is 12.1. The maximum Gasteiger partial charge on any atom is 0.205 e. The third kappa shape index (κ3) is 7.70. The van der Waals surface area contributed by atoms with Gasteiger partial charge in [-0.15, -0.1) is 0 Å². The molecule has 2 aromatic rings. The summed E-state index contributed by atoms with van der Waals surface area (Å²) >= 11 is 0. The average molecular weight is 351 g/mol. The van der Waals surface area contributed by atoms with Crippen molar-refractivity contribution in [1.29, 1.82) is 0 Å². The standard InChI is InChI=1S/C23H30N2O/c1-3-5-7-9-17-26-22-18-24-23(25-19-22)16-15-21-13-11-20(12-14-21)10-8-6-4-2/h11-14,18-19H,3-10,17H2,1-2H3. The molecule has 0 spiro atoms. The summed E-state index contributed by atoms with van der Waals surface area (Å²) in [6.07, 6.45) is 13.1. The van der Waals surface area contributed by atoms with E-state index in [9.17, 15) is 0 Å². The van der Waals surface area contributed by atoms with Crippen LogP contribution in [0.3, 0.4) is 0 Å². The highest BCUT2D eigenvalue weighted by Crippen LogP contribution is 2.09. The first-order valence-electron chi connectivity index (χ1n) is 9.87. The second-order valence-corrected chi connectivity index (χ2v) is 6.56. The molecule has 0 aliphatic heterocycles. The summed E-state index contributed by atoms with van der Waals surface area (Å²) in [5.41, 5.74) is 2.37. The van der Waals surface area contributed by atoms with Gasteiger partial charge in [0.2, 0.25) is 5.82 Å². The molecule has 1 aromatic heterocycles. The van der Waals surface area contributed by atoms with Crippen molar-refractivity contribution in [3.8, 4) is 17.6 Å². The molecule has 138 valence electrons. The van der Waals surface area contributed by atoms with Crippen molar-refractivity contribution in [3.05, 3.63) is 53.6 Å². The van der Waals surface area contributed by atoms with Crippen LogP contribution in [0, 0.1) is 11.8 Å². The van der Waals surface area contributed by atoms with E-state index in [0.717, 1.165) is 25.0 Å². The van der Waals surface area contributed by atoms with E-state index in [-0.39, 0.29) is 0 Å². The molecule has 0 saturated carbocycles. The Kier molecular flexibility index (Phi) is 9.29. The highest BCUT2D eigenvalue weighted by atomic mass is 16.5. The Balaban J connectivity index is 1.81. The van der Waals surface area contributed by atoms with Crippen molar-refractivity contribution in [2.24, 2.45) is 0 Å². The van der Waals surface area contributed by atoms with Crippen LogP contribution in [0.5, 0.6) is 5.75 Å². The van der Waals surface area contributed by atoms with E-state index in [4.69, 9.17) is 4.74 Å². The lowest BCUT2D eigenvalue weighted by Crippen LogP contribution is -1.99. The fraction of sp³-hybridized carbons (Fsp3) is 0.478. The fourth-order valence-corrected chi connectivity index (χ4v) is 2.64. The molecule has 3 nitrogen and oxygen atoms in total. The van der Waals surface area contributed by atoms with Gasteiger partial charge in [-0.05, 0) is 42.9 Å². The lowest BCUT2D eigenvalue weighted by molar-refractivity contribution is 0.302. The van der Waals surface area contributed by atoms with Crippen LogP contribution in [0.4, 0.5) is 0 Å². The minimum atomic E-state index is 0.523. The monoisotopic (exact) mass is 350 g/mol. The lowest BCUT2D eigenvalue weighted by Gasteiger charge is -2.04. The molecule has 1 aromatic carbocycles. The lowest BCUT2D eigenvalue weighted by atomic mass is 10.1. The third-order valence-corrected chi connectivity index (χ3v) is 4.24. The topological polar surface area (TPSA) is 35.0 Å². The summed E-state index contributed by atoms with van der Waals surface area (Å²) in [6.45, 7) is 5.16. The number of benzene rings is 1. The van der Waals surface area contributed by atoms with Gasteiger partial charge in [-0.25, -0.2) is 9.97 Å². The Morgan fingerprint density at radius 3 is 2.19 bits per heavy atom. The molecule has 0 fully saturated rings. The van der Waals surface area contributed by atoms with E-state index in [1.54, 1.807) is 12.4 Å². The molecule has 0 unspecified atom stereocenters. The highest BCUT2D eigenvalue weighted by Gasteiger charge is 1.97. The van der Waals surface area contributed by atoms with Gasteiger partial charge >= 0.3 is 0 Å². The van der Waals surface area contributed by atoms with Crippen molar-refractivity contribution in [2.45, 2.75) is 65.2 Å². The summed E-state index contributed by atoms with van der Waals surface area (Å²) in [5, 5.41) is 0. The number of unbranched alkanes of at least 4 members (excludes halogenated alkanes) is 5. The van der Waals surface area contributed by atoms with E-state index in [0.29, 0.717) is 11.6 Å². The zero-order valence-corrected chi connectivity index (χ0v) is 16.1. The average Bonchev–Trinajstić information content (AvgIpc) is 2.68. The third-order valence-electron chi connectivity index (χ3n) is 4.24. The fourth-order valence-electron chi connectivity index (χ4n) is 2.64. The minimum Gasteiger partial charge on any atom is -0.490 e. The molecule has 1 heterocycles. The van der Waals surface area contributed by atoms with Gasteiger partial charge < -0.3 is 4.74 Å². The molecule has 0 amide bonds. The van der Waals surface area contributed by atoms with Crippen LogP contribution in [-0.2, 0) is 6.42 Å². The van der Waals surface area contributed by atoms with E-state index in [2.05, 4.69) is 59.9 Å². The van der Waals surface area contributed by atoms with Crippen molar-refractivity contribution < 1.29 is 4.74 Å². The van der Waals surface area contributed by atoms with Crippen LogP contribution in [0.2, 0.25) is 0 Å². The van der Waals surface area contributed by atoms with Crippen molar-refractivity contribution in [3.63, 3.8) is 0 Å². The summed E-state index contributed by atoms with van der Waals surface area (Å²) < 4.78 is 5.65. The molecular formula is C23H30N2O. The number of rotatable bonds is 10. The molecule has 0 atom stereocenters. The van der Waals surface area contributed by atoms with E-state index in [1.807, 2.05) is 0 Å². The largest absolute Gasteiger partial charge is 0.490 e. The van der Waals surface area contributed by atoms with Crippen LogP contribution in [-0.4, -0.2) is 16.6 Å². The molecule has 0 saturated heterocycles. The van der Waals surface area contributed by atoms with Crippen LogP contribution < -0.4 is 4.74 Å². The maximum absolute atomic E-state index is 5.65. The van der Waals surface area contributed by atoms with E-state index < -0.39 is 0 Å². The molecule has 2 rings (SSSR count). The van der Waals surface area contributed by atoms with Gasteiger partial charge in [-0.2, -0.15) is 0 Å². The molecule has 0 radical (unpaired) electrons. The minimum absolute atomic E-state index is 0.523. The number of ether oxygens (including phenoxy) is 1. The van der Waals surface area contributed by atoms with Crippen LogP contribution in [0.15, 0.2) is 36.7 Å².